The minimum absolute atomic E-state index is 0.189. The number of pyridine rings is 2. The number of amides is 1. The van der Waals surface area contributed by atoms with Crippen LogP contribution in [0.1, 0.15) is 37.4 Å². The van der Waals surface area contributed by atoms with E-state index in [1.807, 2.05) is 17.0 Å². The molecule has 2 aliphatic rings. The standard InChI is InChI=1S/C20H24FN5O/c21-15-5-8-19(23-12-15)24-16-6-7-17(22-13-16)18-4-3-11-26(18)14-20(27)25-9-1-2-10-25/h5-8,12-13,18H,1-4,9-11,14H2,(H,23,24)/t18-/m1/s1. The van der Waals surface area contributed by atoms with Gasteiger partial charge in [0.05, 0.1) is 36.4 Å². The van der Waals surface area contributed by atoms with Crippen LogP contribution in [0.3, 0.4) is 0 Å². The summed E-state index contributed by atoms with van der Waals surface area (Å²) in [6.45, 7) is 3.21. The van der Waals surface area contributed by atoms with Crippen LogP contribution >= 0.6 is 0 Å². The van der Waals surface area contributed by atoms with Crippen molar-refractivity contribution >= 4 is 17.4 Å². The van der Waals surface area contributed by atoms with Crippen molar-refractivity contribution in [3.63, 3.8) is 0 Å². The van der Waals surface area contributed by atoms with Gasteiger partial charge in [-0.15, -0.1) is 0 Å². The van der Waals surface area contributed by atoms with Crippen LogP contribution in [-0.2, 0) is 4.79 Å². The Morgan fingerprint density at radius 3 is 2.63 bits per heavy atom. The molecular formula is C20H24FN5O. The molecule has 0 unspecified atom stereocenters. The molecule has 4 rings (SSSR count). The lowest BCUT2D eigenvalue weighted by Gasteiger charge is -2.26. The van der Waals surface area contributed by atoms with Crippen molar-refractivity contribution < 1.29 is 9.18 Å². The first-order chi connectivity index (χ1) is 13.2. The van der Waals surface area contributed by atoms with Crippen molar-refractivity contribution in [3.8, 4) is 0 Å². The van der Waals surface area contributed by atoms with E-state index in [0.717, 1.165) is 56.7 Å². The molecule has 0 spiro atoms. The number of nitrogens with zero attached hydrogens (tertiary/aromatic N) is 4. The van der Waals surface area contributed by atoms with Crippen molar-refractivity contribution in [1.29, 1.82) is 0 Å². The van der Waals surface area contributed by atoms with E-state index in [2.05, 4.69) is 20.2 Å². The van der Waals surface area contributed by atoms with Crippen LogP contribution in [0.5, 0.6) is 0 Å². The molecule has 1 N–H and O–H groups in total. The van der Waals surface area contributed by atoms with Crippen LogP contribution < -0.4 is 5.32 Å². The molecule has 27 heavy (non-hydrogen) atoms. The highest BCUT2D eigenvalue weighted by atomic mass is 19.1. The molecule has 2 aliphatic heterocycles. The molecule has 0 radical (unpaired) electrons. The number of carbonyl (C=O) groups excluding carboxylic acids is 1. The third kappa shape index (κ3) is 4.24. The van der Waals surface area contributed by atoms with E-state index in [4.69, 9.17) is 0 Å². The summed E-state index contributed by atoms with van der Waals surface area (Å²) < 4.78 is 12.9. The van der Waals surface area contributed by atoms with E-state index in [9.17, 15) is 9.18 Å². The van der Waals surface area contributed by atoms with E-state index in [-0.39, 0.29) is 17.8 Å². The van der Waals surface area contributed by atoms with Gasteiger partial charge in [-0.05, 0) is 56.5 Å². The number of halogens is 1. The summed E-state index contributed by atoms with van der Waals surface area (Å²) in [6.07, 6.45) is 7.28. The van der Waals surface area contributed by atoms with Gasteiger partial charge in [0.2, 0.25) is 5.91 Å². The number of carbonyl (C=O) groups is 1. The van der Waals surface area contributed by atoms with E-state index >= 15 is 0 Å². The van der Waals surface area contributed by atoms with Gasteiger partial charge in [-0.25, -0.2) is 9.37 Å². The van der Waals surface area contributed by atoms with Crippen molar-refractivity contribution in [2.24, 2.45) is 0 Å². The maximum atomic E-state index is 12.9. The Morgan fingerprint density at radius 1 is 1.07 bits per heavy atom. The molecule has 0 saturated carbocycles. The van der Waals surface area contributed by atoms with E-state index in [1.54, 1.807) is 12.3 Å². The van der Waals surface area contributed by atoms with Gasteiger partial charge in [0.1, 0.15) is 11.6 Å². The summed E-state index contributed by atoms with van der Waals surface area (Å²) in [7, 11) is 0. The third-order valence-corrected chi connectivity index (χ3v) is 5.29. The van der Waals surface area contributed by atoms with Gasteiger partial charge in [0.15, 0.2) is 0 Å². The minimum Gasteiger partial charge on any atom is -0.342 e. The first-order valence-electron chi connectivity index (χ1n) is 9.55. The lowest BCUT2D eigenvalue weighted by atomic mass is 10.1. The summed E-state index contributed by atoms with van der Waals surface area (Å²) in [5.74, 6) is 0.448. The lowest BCUT2D eigenvalue weighted by Crippen LogP contribution is -2.38. The van der Waals surface area contributed by atoms with Gasteiger partial charge in [-0.1, -0.05) is 0 Å². The quantitative estimate of drug-likeness (QED) is 0.877. The molecule has 1 amide bonds. The first kappa shape index (κ1) is 17.9. The monoisotopic (exact) mass is 369 g/mol. The molecule has 2 saturated heterocycles. The van der Waals surface area contributed by atoms with Crippen LogP contribution in [0.4, 0.5) is 15.9 Å². The molecule has 2 aromatic rings. The molecule has 4 heterocycles. The van der Waals surface area contributed by atoms with Crippen molar-refractivity contribution in [1.82, 2.24) is 19.8 Å². The molecule has 6 nitrogen and oxygen atoms in total. The summed E-state index contributed by atoms with van der Waals surface area (Å²) >= 11 is 0. The van der Waals surface area contributed by atoms with Crippen LogP contribution in [0, 0.1) is 5.82 Å². The highest BCUT2D eigenvalue weighted by Crippen LogP contribution is 2.31. The Labute approximate surface area is 158 Å². The number of nitrogens with one attached hydrogen (secondary N) is 1. The molecule has 0 aliphatic carbocycles. The van der Waals surface area contributed by atoms with Crippen molar-refractivity contribution in [3.05, 3.63) is 48.2 Å². The lowest BCUT2D eigenvalue weighted by molar-refractivity contribution is -0.131. The molecule has 0 aromatic carbocycles. The highest BCUT2D eigenvalue weighted by Gasteiger charge is 2.30. The Morgan fingerprint density at radius 2 is 1.93 bits per heavy atom. The molecule has 1 atom stereocenters. The fraction of sp³-hybridized carbons (Fsp3) is 0.450. The summed E-state index contributed by atoms with van der Waals surface area (Å²) in [5, 5.41) is 3.11. The predicted octanol–water partition coefficient (Wildman–Crippen LogP) is 3.12. The average molecular weight is 369 g/mol. The molecular weight excluding hydrogens is 345 g/mol. The Kier molecular flexibility index (Phi) is 5.29. The number of hydrogen-bond acceptors (Lipinski definition) is 5. The van der Waals surface area contributed by atoms with Gasteiger partial charge >= 0.3 is 0 Å². The molecule has 142 valence electrons. The first-order valence-corrected chi connectivity index (χ1v) is 9.55. The van der Waals surface area contributed by atoms with Crippen LogP contribution in [0.25, 0.3) is 0 Å². The van der Waals surface area contributed by atoms with Gasteiger partial charge in [0, 0.05) is 13.1 Å². The minimum atomic E-state index is -0.362. The van der Waals surface area contributed by atoms with Crippen LogP contribution in [-0.4, -0.2) is 51.9 Å². The number of likely N-dealkylation sites (tertiary alicyclic amines) is 2. The number of anilines is 2. The zero-order chi connectivity index (χ0) is 18.6. The number of aromatic nitrogens is 2. The number of hydrogen-bond donors (Lipinski definition) is 1. The Balaban J connectivity index is 1.39. The SMILES string of the molecule is O=C(CN1CCC[C@@H]1c1ccc(Nc2ccc(F)cn2)cn1)N1CCCC1. The third-order valence-electron chi connectivity index (χ3n) is 5.29. The van der Waals surface area contributed by atoms with Gasteiger partial charge in [-0.3, -0.25) is 14.7 Å². The van der Waals surface area contributed by atoms with Crippen molar-refractivity contribution in [2.75, 3.05) is 31.5 Å². The van der Waals surface area contributed by atoms with Crippen LogP contribution in [0.2, 0.25) is 0 Å². The van der Waals surface area contributed by atoms with E-state index in [0.29, 0.717) is 12.4 Å². The summed E-state index contributed by atoms with van der Waals surface area (Å²) in [6, 6.07) is 7.09. The maximum Gasteiger partial charge on any atom is 0.236 e. The largest absolute Gasteiger partial charge is 0.342 e. The topological polar surface area (TPSA) is 61.4 Å². The van der Waals surface area contributed by atoms with Crippen molar-refractivity contribution in [2.45, 2.75) is 31.7 Å². The van der Waals surface area contributed by atoms with Gasteiger partial charge in [-0.2, -0.15) is 0 Å². The fourth-order valence-electron chi connectivity index (χ4n) is 3.86. The predicted molar refractivity (Wildman–Crippen MR) is 101 cm³/mol. The Bertz CT molecular complexity index is 774. The van der Waals surface area contributed by atoms with E-state index in [1.165, 1.54) is 12.3 Å². The Hall–Kier alpha value is -2.54. The summed E-state index contributed by atoms with van der Waals surface area (Å²) in [4.78, 5) is 25.3. The molecule has 7 heteroatoms. The van der Waals surface area contributed by atoms with Crippen LogP contribution in [0.15, 0.2) is 36.7 Å². The fourth-order valence-corrected chi connectivity index (χ4v) is 3.86. The molecule has 2 fully saturated rings. The second-order valence-electron chi connectivity index (χ2n) is 7.17. The molecule has 2 aromatic heterocycles. The molecule has 0 bridgehead atoms. The van der Waals surface area contributed by atoms with Gasteiger partial charge in [0.25, 0.3) is 0 Å². The average Bonchev–Trinajstić information content (AvgIpc) is 3.36. The second kappa shape index (κ2) is 8.00. The maximum absolute atomic E-state index is 12.9. The normalized spacial score (nSPS) is 20.2. The zero-order valence-corrected chi connectivity index (χ0v) is 15.3. The van der Waals surface area contributed by atoms with E-state index < -0.39 is 0 Å². The smallest absolute Gasteiger partial charge is 0.236 e. The number of rotatable bonds is 5. The van der Waals surface area contributed by atoms with Gasteiger partial charge < -0.3 is 10.2 Å². The zero-order valence-electron chi connectivity index (χ0n) is 15.3. The summed E-state index contributed by atoms with van der Waals surface area (Å²) in [5.41, 5.74) is 1.79. The second-order valence-corrected chi connectivity index (χ2v) is 7.17. The highest BCUT2D eigenvalue weighted by molar-refractivity contribution is 5.78.